The molecule has 9 heteroatoms. The molecule has 1 aromatic carbocycles. The molecule has 0 atom stereocenters. The van der Waals surface area contributed by atoms with E-state index in [0.717, 1.165) is 47.6 Å². The van der Waals surface area contributed by atoms with Crippen molar-refractivity contribution >= 4 is 52.1 Å². The number of oxime groups is 1. The highest BCUT2D eigenvalue weighted by Crippen LogP contribution is 2.31. The van der Waals surface area contributed by atoms with Crippen molar-refractivity contribution in [1.82, 2.24) is 0 Å². The van der Waals surface area contributed by atoms with Crippen LogP contribution in [0.15, 0.2) is 38.4 Å². The number of benzene rings is 1. The molecule has 0 saturated heterocycles. The summed E-state index contributed by atoms with van der Waals surface area (Å²) in [5.41, 5.74) is 2.92. The van der Waals surface area contributed by atoms with Crippen LogP contribution in [0.5, 0.6) is 11.5 Å². The van der Waals surface area contributed by atoms with Crippen molar-refractivity contribution in [2.24, 2.45) is 5.16 Å². The van der Waals surface area contributed by atoms with E-state index in [1.54, 1.807) is 6.08 Å². The Kier molecular flexibility index (Phi) is 14.9. The van der Waals surface area contributed by atoms with Gasteiger partial charge in [0.1, 0.15) is 33.7 Å². The van der Waals surface area contributed by atoms with Gasteiger partial charge in [-0.2, -0.15) is 0 Å². The van der Waals surface area contributed by atoms with Crippen molar-refractivity contribution in [3.05, 3.63) is 44.4 Å². The fraction of sp³-hybridized carbons (Fsp3) is 0.500. The molecule has 0 spiro atoms. The second-order valence-corrected chi connectivity index (χ2v) is 8.47. The summed E-state index contributed by atoms with van der Waals surface area (Å²) < 4.78 is 17.7. The Labute approximate surface area is 204 Å². The molecule has 1 aromatic rings. The largest absolute Gasteiger partial charge is 0.493 e. The zero-order chi connectivity index (χ0) is 23.1. The maximum absolute atomic E-state index is 6.08. The van der Waals surface area contributed by atoms with Crippen LogP contribution in [0.1, 0.15) is 38.3 Å². The first kappa shape index (κ1) is 27.9. The van der Waals surface area contributed by atoms with Gasteiger partial charge in [0.2, 0.25) is 0 Å². The van der Waals surface area contributed by atoms with Gasteiger partial charge in [-0.25, -0.2) is 0 Å². The molecular weight excluding hydrogens is 484 g/mol. The van der Waals surface area contributed by atoms with Crippen LogP contribution in [-0.4, -0.2) is 38.7 Å². The van der Waals surface area contributed by atoms with Crippen molar-refractivity contribution in [1.29, 1.82) is 0 Å². The number of rotatable bonds is 15. The Hall–Kier alpha value is -1.11. The predicted octanol–water partition coefficient (Wildman–Crippen LogP) is 7.01. The molecule has 5 nitrogen and oxygen atoms in total. The Morgan fingerprint density at radius 3 is 2.10 bits per heavy atom. The minimum atomic E-state index is 0.150. The second kappa shape index (κ2) is 16.5. The number of aryl methyl sites for hydroxylation is 2. The van der Waals surface area contributed by atoms with E-state index in [0.29, 0.717) is 26.4 Å². The topological polar surface area (TPSA) is 49.3 Å². The van der Waals surface area contributed by atoms with Crippen molar-refractivity contribution in [2.45, 2.75) is 40.0 Å². The molecule has 0 N–H and O–H groups in total. The smallest absolute Gasteiger partial charge is 0.138 e. The molecule has 0 bridgehead atoms. The lowest BCUT2D eigenvalue weighted by Gasteiger charge is -2.17. The molecule has 0 aliphatic rings. The molecule has 0 saturated carbocycles. The predicted molar refractivity (Wildman–Crippen MR) is 130 cm³/mol. The van der Waals surface area contributed by atoms with Crippen molar-refractivity contribution < 1.29 is 19.0 Å². The SMILES string of the molecule is CCc1cc(OCC=C(Cl)Cl)cc(CC)c1OCCCOCC(C)=NOCC=C(Cl)Cl. The van der Waals surface area contributed by atoms with E-state index in [1.165, 1.54) is 6.08 Å². The molecule has 0 heterocycles. The van der Waals surface area contributed by atoms with Gasteiger partial charge < -0.3 is 19.0 Å². The first-order valence-corrected chi connectivity index (χ1v) is 11.5. The van der Waals surface area contributed by atoms with Crippen LogP contribution in [0.25, 0.3) is 0 Å². The van der Waals surface area contributed by atoms with Gasteiger partial charge in [-0.1, -0.05) is 65.4 Å². The number of hydrogen-bond acceptors (Lipinski definition) is 5. The third-order valence-electron chi connectivity index (χ3n) is 3.99. The maximum Gasteiger partial charge on any atom is 0.138 e. The summed E-state index contributed by atoms with van der Waals surface area (Å²) in [6, 6.07) is 3.99. The van der Waals surface area contributed by atoms with E-state index in [1.807, 2.05) is 19.1 Å². The van der Waals surface area contributed by atoms with Gasteiger partial charge in [-0.05, 0) is 55.2 Å². The van der Waals surface area contributed by atoms with Gasteiger partial charge in [0, 0.05) is 6.42 Å². The summed E-state index contributed by atoms with van der Waals surface area (Å²) in [5, 5.41) is 3.91. The Morgan fingerprint density at radius 2 is 1.52 bits per heavy atom. The number of nitrogens with zero attached hydrogens (tertiary/aromatic N) is 1. The van der Waals surface area contributed by atoms with Crippen LogP contribution in [0.4, 0.5) is 0 Å². The molecule has 0 unspecified atom stereocenters. The monoisotopic (exact) mass is 511 g/mol. The van der Waals surface area contributed by atoms with Gasteiger partial charge in [-0.3, -0.25) is 0 Å². The number of hydrogen-bond donors (Lipinski definition) is 0. The molecule has 0 aromatic heterocycles. The molecule has 0 radical (unpaired) electrons. The molecule has 0 aliphatic carbocycles. The van der Waals surface area contributed by atoms with Crippen LogP contribution in [0.3, 0.4) is 0 Å². The number of halogens is 4. The highest BCUT2D eigenvalue weighted by atomic mass is 35.5. The maximum atomic E-state index is 6.08. The second-order valence-electron chi connectivity index (χ2n) is 6.45. The van der Waals surface area contributed by atoms with Gasteiger partial charge in [0.05, 0.1) is 25.5 Å². The lowest BCUT2D eigenvalue weighted by Crippen LogP contribution is -2.10. The minimum absolute atomic E-state index is 0.150. The van der Waals surface area contributed by atoms with Crippen LogP contribution < -0.4 is 9.47 Å². The average Bonchev–Trinajstić information content (AvgIpc) is 2.73. The molecule has 0 fully saturated rings. The van der Waals surface area contributed by atoms with Crippen LogP contribution in [0, 0.1) is 0 Å². The Balaban J connectivity index is 2.47. The number of ether oxygens (including phenoxy) is 3. The lowest BCUT2D eigenvalue weighted by atomic mass is 10.0. The Bertz CT molecular complexity index is 733. The molecule has 0 aliphatic heterocycles. The molecule has 0 amide bonds. The fourth-order valence-corrected chi connectivity index (χ4v) is 2.80. The van der Waals surface area contributed by atoms with E-state index < -0.39 is 0 Å². The highest BCUT2D eigenvalue weighted by Gasteiger charge is 2.11. The van der Waals surface area contributed by atoms with Crippen LogP contribution >= 0.6 is 46.4 Å². The fourth-order valence-electron chi connectivity index (χ4n) is 2.55. The minimum Gasteiger partial charge on any atom is -0.493 e. The summed E-state index contributed by atoms with van der Waals surface area (Å²) in [4.78, 5) is 5.05. The zero-order valence-electron chi connectivity index (χ0n) is 18.1. The average molecular weight is 513 g/mol. The first-order valence-electron chi connectivity index (χ1n) is 10.0. The summed E-state index contributed by atoms with van der Waals surface area (Å²) in [6.07, 6.45) is 5.54. The molecule has 31 heavy (non-hydrogen) atoms. The van der Waals surface area contributed by atoms with Crippen LogP contribution in [-0.2, 0) is 22.4 Å². The summed E-state index contributed by atoms with van der Waals surface area (Å²) in [6.45, 7) is 8.02. The third kappa shape index (κ3) is 12.5. The third-order valence-corrected chi connectivity index (χ3v) is 4.61. The van der Waals surface area contributed by atoms with E-state index >= 15 is 0 Å². The Morgan fingerprint density at radius 1 is 0.903 bits per heavy atom. The zero-order valence-corrected chi connectivity index (χ0v) is 21.1. The van der Waals surface area contributed by atoms with Crippen molar-refractivity contribution in [3.63, 3.8) is 0 Å². The van der Waals surface area contributed by atoms with E-state index in [4.69, 9.17) is 65.5 Å². The van der Waals surface area contributed by atoms with E-state index in [2.05, 4.69) is 19.0 Å². The highest BCUT2D eigenvalue weighted by molar-refractivity contribution is 6.56. The summed E-state index contributed by atoms with van der Waals surface area (Å²) in [7, 11) is 0. The normalized spacial score (nSPS) is 11.1. The molecule has 1 rings (SSSR count). The van der Waals surface area contributed by atoms with Gasteiger partial charge in [0.25, 0.3) is 0 Å². The van der Waals surface area contributed by atoms with Crippen molar-refractivity contribution in [3.8, 4) is 11.5 Å². The molecule has 174 valence electrons. The van der Waals surface area contributed by atoms with Gasteiger partial charge in [0.15, 0.2) is 0 Å². The summed E-state index contributed by atoms with van der Waals surface area (Å²) in [5.74, 6) is 1.69. The first-order chi connectivity index (χ1) is 14.9. The molecular formula is C22H29Cl4NO4. The lowest BCUT2D eigenvalue weighted by molar-refractivity contribution is 0.140. The van der Waals surface area contributed by atoms with Crippen molar-refractivity contribution in [2.75, 3.05) is 33.0 Å². The van der Waals surface area contributed by atoms with Gasteiger partial charge >= 0.3 is 0 Å². The van der Waals surface area contributed by atoms with Crippen LogP contribution in [0.2, 0.25) is 0 Å². The quantitative estimate of drug-likeness (QED) is 0.144. The van der Waals surface area contributed by atoms with E-state index in [-0.39, 0.29) is 15.6 Å². The van der Waals surface area contributed by atoms with E-state index in [9.17, 15) is 0 Å². The standard InChI is InChI=1S/C22H29Cl4NO4/c1-4-17-13-19(29-11-7-20(23)24)14-18(5-2)22(17)30-10-6-9-28-15-16(3)27-31-12-8-21(25)26/h7-8,13-14H,4-6,9-12,15H2,1-3H3. The van der Waals surface area contributed by atoms with Gasteiger partial charge in [-0.15, -0.1) is 0 Å². The summed E-state index contributed by atoms with van der Waals surface area (Å²) >= 11 is 22.2.